The molecule has 4 nitrogen and oxygen atoms in total. The van der Waals surface area contributed by atoms with E-state index in [1.807, 2.05) is 30.9 Å². The molecule has 1 atom stereocenters. The molecule has 1 amide bonds. The van der Waals surface area contributed by atoms with Crippen LogP contribution >= 0.6 is 0 Å². The van der Waals surface area contributed by atoms with Crippen molar-refractivity contribution in [2.45, 2.75) is 39.3 Å². The molecule has 0 N–H and O–H groups in total. The Labute approximate surface area is 138 Å². The lowest BCUT2D eigenvalue weighted by atomic mass is 10.2. The van der Waals surface area contributed by atoms with Gasteiger partial charge in [0.15, 0.2) is 0 Å². The fourth-order valence-corrected chi connectivity index (χ4v) is 2.87. The SMILES string of the molecule is CCN1CCCCN(Cc2ccc(F)cc2)CCO[C@H](C)C1=O. The van der Waals surface area contributed by atoms with E-state index in [0.29, 0.717) is 6.61 Å². The Kier molecular flexibility index (Phi) is 6.99. The molecule has 1 saturated heterocycles. The van der Waals surface area contributed by atoms with E-state index in [1.165, 1.54) is 12.1 Å². The maximum absolute atomic E-state index is 13.0. The summed E-state index contributed by atoms with van der Waals surface area (Å²) in [5.41, 5.74) is 1.10. The number of likely N-dealkylation sites (N-methyl/N-ethyl adjacent to an activating group) is 1. The topological polar surface area (TPSA) is 32.8 Å². The molecule has 0 spiro atoms. The third-order valence-corrected chi connectivity index (χ3v) is 4.29. The van der Waals surface area contributed by atoms with E-state index < -0.39 is 0 Å². The number of hydrogen-bond donors (Lipinski definition) is 0. The van der Waals surface area contributed by atoms with Crippen LogP contribution in [0.25, 0.3) is 0 Å². The second kappa shape index (κ2) is 8.99. The molecule has 1 aromatic carbocycles. The molecular weight excluding hydrogens is 295 g/mol. The van der Waals surface area contributed by atoms with Crippen LogP contribution < -0.4 is 0 Å². The fraction of sp³-hybridized carbons (Fsp3) is 0.611. The van der Waals surface area contributed by atoms with Gasteiger partial charge < -0.3 is 9.64 Å². The normalized spacial score (nSPS) is 22.0. The molecule has 1 heterocycles. The Bertz CT molecular complexity index is 492. The lowest BCUT2D eigenvalue weighted by Crippen LogP contribution is -2.39. The lowest BCUT2D eigenvalue weighted by Gasteiger charge is -2.24. The van der Waals surface area contributed by atoms with Gasteiger partial charge in [0, 0.05) is 26.2 Å². The molecule has 2 rings (SSSR count). The number of rotatable bonds is 3. The van der Waals surface area contributed by atoms with Crippen LogP contribution in [-0.4, -0.2) is 54.6 Å². The minimum atomic E-state index is -0.388. The van der Waals surface area contributed by atoms with Gasteiger partial charge >= 0.3 is 0 Å². The quantitative estimate of drug-likeness (QED) is 0.858. The summed E-state index contributed by atoms with van der Waals surface area (Å²) < 4.78 is 18.7. The van der Waals surface area contributed by atoms with Gasteiger partial charge in [-0.05, 0) is 50.9 Å². The summed E-state index contributed by atoms with van der Waals surface area (Å²) in [5, 5.41) is 0. The molecule has 5 heteroatoms. The molecule has 0 aromatic heterocycles. The molecule has 1 aromatic rings. The summed E-state index contributed by atoms with van der Waals surface area (Å²) in [6.07, 6.45) is 1.65. The summed E-state index contributed by atoms with van der Waals surface area (Å²) in [7, 11) is 0. The molecule has 1 fully saturated rings. The van der Waals surface area contributed by atoms with Crippen molar-refractivity contribution in [3.8, 4) is 0 Å². The van der Waals surface area contributed by atoms with E-state index in [-0.39, 0.29) is 17.8 Å². The fourth-order valence-electron chi connectivity index (χ4n) is 2.87. The second-order valence-corrected chi connectivity index (χ2v) is 6.04. The predicted octanol–water partition coefficient (Wildman–Crippen LogP) is 2.68. The molecule has 0 aliphatic carbocycles. The van der Waals surface area contributed by atoms with Crippen LogP contribution in [0, 0.1) is 5.82 Å². The van der Waals surface area contributed by atoms with Gasteiger partial charge in [0.25, 0.3) is 5.91 Å². The zero-order chi connectivity index (χ0) is 16.7. The van der Waals surface area contributed by atoms with Crippen molar-refractivity contribution >= 4 is 5.91 Å². The van der Waals surface area contributed by atoms with Crippen LogP contribution in [0.3, 0.4) is 0 Å². The van der Waals surface area contributed by atoms with Crippen molar-refractivity contribution in [1.29, 1.82) is 0 Å². The average Bonchev–Trinajstić information content (AvgIpc) is 2.57. The first-order valence-electron chi connectivity index (χ1n) is 8.47. The molecule has 0 saturated carbocycles. The van der Waals surface area contributed by atoms with Crippen molar-refractivity contribution in [2.24, 2.45) is 0 Å². The van der Waals surface area contributed by atoms with E-state index in [4.69, 9.17) is 4.74 Å². The largest absolute Gasteiger partial charge is 0.367 e. The summed E-state index contributed by atoms with van der Waals surface area (Å²) in [6, 6.07) is 6.65. The maximum Gasteiger partial charge on any atom is 0.251 e. The predicted molar refractivity (Wildman–Crippen MR) is 88.6 cm³/mol. The van der Waals surface area contributed by atoms with E-state index in [0.717, 1.165) is 51.1 Å². The van der Waals surface area contributed by atoms with Gasteiger partial charge in [0.1, 0.15) is 11.9 Å². The van der Waals surface area contributed by atoms with Crippen molar-refractivity contribution in [2.75, 3.05) is 32.8 Å². The van der Waals surface area contributed by atoms with Gasteiger partial charge in [-0.2, -0.15) is 0 Å². The molecule has 0 radical (unpaired) electrons. The molecule has 0 unspecified atom stereocenters. The highest BCUT2D eigenvalue weighted by atomic mass is 19.1. The van der Waals surface area contributed by atoms with Crippen LogP contribution in [0.4, 0.5) is 4.39 Å². The van der Waals surface area contributed by atoms with E-state index in [9.17, 15) is 9.18 Å². The summed E-state index contributed by atoms with van der Waals surface area (Å²) in [5.74, 6) is -0.124. The molecular formula is C18H27FN2O2. The summed E-state index contributed by atoms with van der Waals surface area (Å²) >= 11 is 0. The Hall–Kier alpha value is -1.46. The monoisotopic (exact) mass is 322 g/mol. The number of ether oxygens (including phenoxy) is 1. The van der Waals surface area contributed by atoms with E-state index in [1.54, 1.807) is 0 Å². The zero-order valence-corrected chi connectivity index (χ0v) is 14.1. The third kappa shape index (κ3) is 5.59. The molecule has 128 valence electrons. The van der Waals surface area contributed by atoms with Crippen LogP contribution in [-0.2, 0) is 16.1 Å². The van der Waals surface area contributed by atoms with Crippen LogP contribution in [0.5, 0.6) is 0 Å². The molecule has 23 heavy (non-hydrogen) atoms. The van der Waals surface area contributed by atoms with Gasteiger partial charge in [0.2, 0.25) is 0 Å². The standard InChI is InChI=1S/C18H27FN2O2/c1-3-21-11-5-4-10-20(12-13-23-15(2)18(21)22)14-16-6-8-17(19)9-7-16/h6-9,15H,3-5,10-14H2,1-2H3/t15-/m1/s1. The minimum Gasteiger partial charge on any atom is -0.367 e. The Balaban J connectivity index is 1.95. The van der Waals surface area contributed by atoms with Gasteiger partial charge in [-0.25, -0.2) is 4.39 Å². The van der Waals surface area contributed by atoms with E-state index >= 15 is 0 Å². The van der Waals surface area contributed by atoms with Gasteiger partial charge in [-0.1, -0.05) is 12.1 Å². The average molecular weight is 322 g/mol. The number of halogens is 1. The number of carbonyl (C=O) groups is 1. The molecule has 1 aliphatic heterocycles. The highest BCUT2D eigenvalue weighted by Gasteiger charge is 2.21. The molecule has 1 aliphatic rings. The molecule has 0 bridgehead atoms. The van der Waals surface area contributed by atoms with Crippen LogP contribution in [0.1, 0.15) is 32.3 Å². The van der Waals surface area contributed by atoms with Gasteiger partial charge in [-0.3, -0.25) is 9.69 Å². The highest BCUT2D eigenvalue weighted by molar-refractivity contribution is 5.80. The Morgan fingerprint density at radius 3 is 2.57 bits per heavy atom. The minimum absolute atomic E-state index is 0.0829. The Morgan fingerprint density at radius 2 is 1.87 bits per heavy atom. The van der Waals surface area contributed by atoms with Crippen LogP contribution in [0.2, 0.25) is 0 Å². The van der Waals surface area contributed by atoms with Crippen molar-refractivity contribution in [3.63, 3.8) is 0 Å². The van der Waals surface area contributed by atoms with Crippen molar-refractivity contribution in [1.82, 2.24) is 9.80 Å². The van der Waals surface area contributed by atoms with E-state index in [2.05, 4.69) is 4.90 Å². The van der Waals surface area contributed by atoms with Crippen molar-refractivity contribution < 1.29 is 13.9 Å². The smallest absolute Gasteiger partial charge is 0.251 e. The number of amides is 1. The lowest BCUT2D eigenvalue weighted by molar-refractivity contribution is -0.142. The second-order valence-electron chi connectivity index (χ2n) is 6.04. The maximum atomic E-state index is 13.0. The van der Waals surface area contributed by atoms with Gasteiger partial charge in [0.05, 0.1) is 6.61 Å². The first kappa shape index (κ1) is 17.9. The number of carbonyl (C=O) groups excluding carboxylic acids is 1. The first-order valence-corrected chi connectivity index (χ1v) is 8.47. The Morgan fingerprint density at radius 1 is 1.17 bits per heavy atom. The first-order chi connectivity index (χ1) is 11.1. The summed E-state index contributed by atoms with van der Waals surface area (Å²) in [4.78, 5) is 16.4. The summed E-state index contributed by atoms with van der Waals surface area (Å²) in [6.45, 7) is 8.40. The number of benzene rings is 1. The highest BCUT2D eigenvalue weighted by Crippen LogP contribution is 2.10. The van der Waals surface area contributed by atoms with Crippen LogP contribution in [0.15, 0.2) is 24.3 Å². The third-order valence-electron chi connectivity index (χ3n) is 4.29. The van der Waals surface area contributed by atoms with Crippen molar-refractivity contribution in [3.05, 3.63) is 35.6 Å². The zero-order valence-electron chi connectivity index (χ0n) is 14.1. The van der Waals surface area contributed by atoms with Gasteiger partial charge in [-0.15, -0.1) is 0 Å². The number of hydrogen-bond acceptors (Lipinski definition) is 3. The number of nitrogens with zero attached hydrogens (tertiary/aromatic N) is 2.